The van der Waals surface area contributed by atoms with Crippen LogP contribution in [0.5, 0.6) is 5.75 Å². The summed E-state index contributed by atoms with van der Waals surface area (Å²) >= 11 is 0. The number of aromatic nitrogens is 7. The number of rotatable bonds is 8. The Labute approximate surface area is 237 Å². The molecule has 1 aliphatic carbocycles. The molecule has 0 saturated heterocycles. The number of aromatic hydroxyl groups is 1. The Morgan fingerprint density at radius 1 is 0.881 bits per heavy atom. The molecule has 0 spiro atoms. The summed E-state index contributed by atoms with van der Waals surface area (Å²) in [5, 5.41) is 55.1. The lowest BCUT2D eigenvalue weighted by Crippen LogP contribution is -2.26. The first-order valence-corrected chi connectivity index (χ1v) is 12.6. The zero-order chi connectivity index (χ0) is 30.1. The maximum absolute atomic E-state index is 13.1. The molecule has 4 N–H and O–H groups in total. The van der Waals surface area contributed by atoms with Crippen molar-refractivity contribution in [3.8, 4) is 34.2 Å². The third-order valence-corrected chi connectivity index (χ3v) is 6.68. The predicted octanol–water partition coefficient (Wildman–Crippen LogP) is 2.61. The molecule has 15 nitrogen and oxygen atoms in total. The molecule has 0 aliphatic heterocycles. The van der Waals surface area contributed by atoms with E-state index in [4.69, 9.17) is 5.11 Å². The Balaban J connectivity index is 1.54. The standard InChI is InChI=1S/C27H24N8O7/c1-3-33(2)25(38)14-8-19(21-12-34(31-29-21)15-4-6-17(26(39)40)23(36)10-15)28-20(9-14)22-13-35(32-30-22)16-5-7-18(27(41)42)24(37)11-16/h4,6,8-13,36-37H,3,5,7H2,1-2H3,(H,39,40)(H,41,42). The van der Waals surface area contributed by atoms with Gasteiger partial charge in [-0.05, 0) is 44.0 Å². The molecular weight excluding hydrogens is 548 g/mol. The van der Waals surface area contributed by atoms with Crippen molar-refractivity contribution in [3.05, 3.63) is 71.3 Å². The van der Waals surface area contributed by atoms with E-state index in [0.717, 1.165) is 0 Å². The molecule has 15 heteroatoms. The summed E-state index contributed by atoms with van der Waals surface area (Å²) in [6.07, 6.45) is 4.80. The summed E-state index contributed by atoms with van der Waals surface area (Å²) in [5.74, 6) is -3.54. The Hall–Kier alpha value is -5.86. The van der Waals surface area contributed by atoms with Crippen LogP contribution in [0.1, 0.15) is 40.5 Å². The minimum atomic E-state index is -1.27. The van der Waals surface area contributed by atoms with Gasteiger partial charge in [-0.15, -0.1) is 10.2 Å². The monoisotopic (exact) mass is 572 g/mol. The summed E-state index contributed by atoms with van der Waals surface area (Å²) in [5.41, 5.74) is 2.00. The first kappa shape index (κ1) is 27.7. The molecule has 0 radical (unpaired) electrons. The van der Waals surface area contributed by atoms with Gasteiger partial charge in [0.25, 0.3) is 5.91 Å². The van der Waals surface area contributed by atoms with E-state index in [1.165, 1.54) is 44.7 Å². The molecule has 0 bridgehead atoms. The zero-order valence-electron chi connectivity index (χ0n) is 22.3. The lowest BCUT2D eigenvalue weighted by molar-refractivity contribution is -0.133. The number of carbonyl (C=O) groups excluding carboxylic acids is 1. The Morgan fingerprint density at radius 2 is 1.52 bits per heavy atom. The molecule has 214 valence electrons. The third kappa shape index (κ3) is 5.30. The second-order valence-electron chi connectivity index (χ2n) is 9.35. The van der Waals surface area contributed by atoms with Crippen molar-refractivity contribution in [3.63, 3.8) is 0 Å². The summed E-state index contributed by atoms with van der Waals surface area (Å²) in [6.45, 7) is 2.29. The predicted molar refractivity (Wildman–Crippen MR) is 146 cm³/mol. The number of carboxylic acid groups (broad SMARTS) is 2. The number of pyridine rings is 1. The number of amides is 1. The number of aliphatic hydroxyl groups excluding tert-OH is 1. The van der Waals surface area contributed by atoms with E-state index in [1.54, 1.807) is 25.4 Å². The summed E-state index contributed by atoms with van der Waals surface area (Å²) < 4.78 is 2.73. The molecule has 0 saturated carbocycles. The van der Waals surface area contributed by atoms with Crippen LogP contribution in [0.4, 0.5) is 0 Å². The van der Waals surface area contributed by atoms with Crippen molar-refractivity contribution >= 4 is 23.5 Å². The number of phenols is 1. The van der Waals surface area contributed by atoms with Crippen LogP contribution >= 0.6 is 0 Å². The number of aliphatic carboxylic acids is 1. The van der Waals surface area contributed by atoms with Gasteiger partial charge in [-0.25, -0.2) is 23.9 Å². The van der Waals surface area contributed by atoms with Gasteiger partial charge in [0.05, 0.1) is 35.0 Å². The lowest BCUT2D eigenvalue weighted by atomic mass is 10.0. The number of hydrogen-bond acceptors (Lipinski definition) is 10. The van der Waals surface area contributed by atoms with E-state index in [-0.39, 0.29) is 40.6 Å². The fraction of sp³-hybridized carbons (Fsp3) is 0.185. The SMILES string of the molecule is CCN(C)C(=O)c1cc(-c2cn(C3=CC(O)=C(C(=O)O)CC3)nn2)nc(-c2cn(-c3ccc(C(=O)O)c(O)c3)nn2)c1. The number of allylic oxidation sites excluding steroid dienone is 2. The topological polar surface area (TPSA) is 210 Å². The van der Waals surface area contributed by atoms with Crippen molar-refractivity contribution < 1.29 is 34.8 Å². The fourth-order valence-corrected chi connectivity index (χ4v) is 4.25. The number of carboxylic acids is 2. The average molecular weight is 573 g/mol. The van der Waals surface area contributed by atoms with Gasteiger partial charge in [-0.1, -0.05) is 10.4 Å². The highest BCUT2D eigenvalue weighted by molar-refractivity contribution is 5.96. The van der Waals surface area contributed by atoms with E-state index in [0.29, 0.717) is 41.3 Å². The Morgan fingerprint density at radius 3 is 2.10 bits per heavy atom. The van der Waals surface area contributed by atoms with Gasteiger partial charge >= 0.3 is 11.9 Å². The van der Waals surface area contributed by atoms with Crippen LogP contribution in [0.25, 0.3) is 34.2 Å². The van der Waals surface area contributed by atoms with Crippen LogP contribution in [-0.2, 0) is 4.79 Å². The van der Waals surface area contributed by atoms with Gasteiger partial charge in [0.15, 0.2) is 0 Å². The third-order valence-electron chi connectivity index (χ3n) is 6.68. The highest BCUT2D eigenvalue weighted by Gasteiger charge is 2.22. The Bertz CT molecular complexity index is 1800. The van der Waals surface area contributed by atoms with Crippen molar-refractivity contribution in [2.45, 2.75) is 19.8 Å². The summed E-state index contributed by atoms with van der Waals surface area (Å²) in [4.78, 5) is 41.8. The molecule has 4 aromatic rings. The smallest absolute Gasteiger partial charge is 0.339 e. The van der Waals surface area contributed by atoms with Gasteiger partial charge in [-0.3, -0.25) is 4.79 Å². The van der Waals surface area contributed by atoms with Gasteiger partial charge < -0.3 is 25.3 Å². The summed E-state index contributed by atoms with van der Waals surface area (Å²) in [7, 11) is 1.66. The van der Waals surface area contributed by atoms with Gasteiger partial charge in [-0.2, -0.15) is 0 Å². The average Bonchev–Trinajstić information content (AvgIpc) is 3.67. The molecule has 42 heavy (non-hydrogen) atoms. The highest BCUT2D eigenvalue weighted by atomic mass is 16.4. The molecule has 0 fully saturated rings. The maximum Gasteiger partial charge on any atom is 0.339 e. The van der Waals surface area contributed by atoms with Crippen LogP contribution in [-0.4, -0.2) is 91.7 Å². The van der Waals surface area contributed by atoms with E-state index in [1.807, 2.05) is 6.92 Å². The van der Waals surface area contributed by atoms with Gasteiger partial charge in [0.1, 0.15) is 28.5 Å². The zero-order valence-corrected chi connectivity index (χ0v) is 22.3. The number of hydrogen-bond donors (Lipinski definition) is 4. The second-order valence-corrected chi connectivity index (χ2v) is 9.35. The van der Waals surface area contributed by atoms with Crippen molar-refractivity contribution in [2.75, 3.05) is 13.6 Å². The minimum absolute atomic E-state index is 0.0854. The molecule has 0 unspecified atom stereocenters. The maximum atomic E-state index is 13.1. The Kier molecular flexibility index (Phi) is 7.23. The van der Waals surface area contributed by atoms with Crippen molar-refractivity contribution in [1.82, 2.24) is 39.9 Å². The molecule has 1 aliphatic rings. The van der Waals surface area contributed by atoms with Crippen LogP contribution in [0, 0.1) is 0 Å². The molecule has 1 aromatic carbocycles. The number of carbonyl (C=O) groups is 3. The van der Waals surface area contributed by atoms with E-state index in [2.05, 4.69) is 25.6 Å². The van der Waals surface area contributed by atoms with Gasteiger partial charge in [0, 0.05) is 37.0 Å². The van der Waals surface area contributed by atoms with Crippen LogP contribution in [0.3, 0.4) is 0 Å². The second kappa shape index (κ2) is 11.0. The van der Waals surface area contributed by atoms with E-state index >= 15 is 0 Å². The van der Waals surface area contributed by atoms with Crippen LogP contribution in [0.15, 0.2) is 60.1 Å². The lowest BCUT2D eigenvalue weighted by Gasteiger charge is -2.15. The number of aromatic carboxylic acids is 1. The largest absolute Gasteiger partial charge is 0.507 e. The quantitative estimate of drug-likeness (QED) is 0.240. The van der Waals surface area contributed by atoms with Crippen LogP contribution in [0.2, 0.25) is 0 Å². The molecular formula is C27H24N8O7. The van der Waals surface area contributed by atoms with Crippen LogP contribution < -0.4 is 0 Å². The normalized spacial score (nSPS) is 13.1. The van der Waals surface area contributed by atoms with Crippen molar-refractivity contribution in [2.24, 2.45) is 0 Å². The minimum Gasteiger partial charge on any atom is -0.507 e. The number of benzene rings is 1. The van der Waals surface area contributed by atoms with Crippen molar-refractivity contribution in [1.29, 1.82) is 0 Å². The number of aliphatic hydroxyl groups is 1. The summed E-state index contributed by atoms with van der Waals surface area (Å²) in [6, 6.07) is 7.06. The highest BCUT2D eigenvalue weighted by Crippen LogP contribution is 2.28. The fourth-order valence-electron chi connectivity index (χ4n) is 4.25. The molecule has 1 amide bonds. The van der Waals surface area contributed by atoms with E-state index in [9.17, 15) is 29.7 Å². The first-order valence-electron chi connectivity index (χ1n) is 12.6. The van der Waals surface area contributed by atoms with E-state index < -0.39 is 17.7 Å². The molecule has 5 rings (SSSR count). The number of nitrogens with zero attached hydrogens (tertiary/aromatic N) is 8. The van der Waals surface area contributed by atoms with Gasteiger partial charge in [0.2, 0.25) is 0 Å². The molecule has 3 heterocycles. The first-order chi connectivity index (χ1) is 20.0. The molecule has 3 aromatic heterocycles. The molecule has 0 atom stereocenters.